The molecule has 0 bridgehead atoms. The predicted octanol–water partition coefficient (Wildman–Crippen LogP) is 21.5. The van der Waals surface area contributed by atoms with Gasteiger partial charge in [0.15, 0.2) is 0 Å². The molecule has 0 amide bonds. The number of thiazole rings is 1. The topological polar surface area (TPSA) is 146 Å². The Bertz CT molecular complexity index is 3770. The summed E-state index contributed by atoms with van der Waals surface area (Å²) >= 11 is 32.5. The largest absolute Gasteiger partial charge is 0.491 e. The Morgan fingerprint density at radius 1 is 0.417 bits per heavy atom. The summed E-state index contributed by atoms with van der Waals surface area (Å²) in [6.07, 6.45) is 7.12. The highest BCUT2D eigenvalue weighted by atomic mass is 35.5. The molecule has 21 heteroatoms. The normalized spacial score (nSPS) is 10.6. The second-order valence-electron chi connectivity index (χ2n) is 22.9. The van der Waals surface area contributed by atoms with Crippen molar-refractivity contribution in [2.45, 2.75) is 133 Å². The number of hydrogen-bond donors (Lipinski definition) is 3. The van der Waals surface area contributed by atoms with E-state index in [1.807, 2.05) is 172 Å². The highest BCUT2D eigenvalue weighted by Gasteiger charge is 2.12. The quantitative estimate of drug-likeness (QED) is 0.0499. The summed E-state index contributed by atoms with van der Waals surface area (Å²) < 4.78 is 46.9. The van der Waals surface area contributed by atoms with Gasteiger partial charge in [-0.1, -0.05) is 88.3 Å². The number of aromatic nitrogens is 4. The maximum atomic E-state index is 13.1. The SMILES string of the molecule is CC(C)N(C)c1ccc(OCc2ccccn2)c(Cl)c1.CC(C)Nc1ccc(OCc2cccc(F)c2)c(Cl)c1.CC(C)Nc1ccc(OCc2ccccn2)c(Cl)c1.CC(C)Nc1ccc(OCc2nccs2)c(Cl)c1.CC(C)Oc1ccc(OCc2ccccn2)c(Cl)c1. The van der Waals surface area contributed by atoms with Crippen LogP contribution in [-0.2, 0) is 33.0 Å². The van der Waals surface area contributed by atoms with Gasteiger partial charge in [0.1, 0.15) is 78.4 Å². The fourth-order valence-electron chi connectivity index (χ4n) is 8.35. The fourth-order valence-corrected chi connectivity index (χ4v) is 10.0. The van der Waals surface area contributed by atoms with Crippen molar-refractivity contribution in [3.63, 3.8) is 0 Å². The van der Waals surface area contributed by atoms with E-state index in [-0.39, 0.29) is 18.5 Å². The molecule has 14 nitrogen and oxygen atoms in total. The lowest BCUT2D eigenvalue weighted by Gasteiger charge is -2.24. The molecule has 96 heavy (non-hydrogen) atoms. The molecule has 4 aromatic heterocycles. The molecule has 6 aromatic carbocycles. The van der Waals surface area contributed by atoms with Crippen LogP contribution >= 0.6 is 69.3 Å². The molecular weight excluding hydrogens is 1340 g/mol. The van der Waals surface area contributed by atoms with Gasteiger partial charge < -0.3 is 49.3 Å². The lowest BCUT2D eigenvalue weighted by Crippen LogP contribution is -2.25. The summed E-state index contributed by atoms with van der Waals surface area (Å²) in [6.45, 7) is 22.6. The summed E-state index contributed by atoms with van der Waals surface area (Å²) in [5.41, 5.74) is 7.40. The van der Waals surface area contributed by atoms with Gasteiger partial charge >= 0.3 is 0 Å². The first-order chi connectivity index (χ1) is 46.1. The zero-order chi connectivity index (χ0) is 69.4. The zero-order valence-electron chi connectivity index (χ0n) is 55.8. The van der Waals surface area contributed by atoms with Crippen LogP contribution in [0, 0.1) is 5.82 Å². The van der Waals surface area contributed by atoms with E-state index in [4.69, 9.17) is 86.4 Å². The van der Waals surface area contributed by atoms with E-state index in [1.54, 1.807) is 48.3 Å². The minimum Gasteiger partial charge on any atom is -0.491 e. The third-order valence-electron chi connectivity index (χ3n) is 13.0. The minimum atomic E-state index is -0.270. The molecule has 0 saturated carbocycles. The van der Waals surface area contributed by atoms with Crippen molar-refractivity contribution in [2.24, 2.45) is 0 Å². The van der Waals surface area contributed by atoms with Gasteiger partial charge in [0.2, 0.25) is 0 Å². The monoisotopic (exact) mass is 1420 g/mol. The molecule has 0 unspecified atom stereocenters. The van der Waals surface area contributed by atoms with Gasteiger partial charge in [0.25, 0.3) is 0 Å². The highest BCUT2D eigenvalue weighted by molar-refractivity contribution is 7.09. The van der Waals surface area contributed by atoms with Crippen LogP contribution in [0.3, 0.4) is 0 Å². The summed E-state index contributed by atoms with van der Waals surface area (Å²) in [5.74, 6) is 3.72. The Labute approximate surface area is 594 Å². The van der Waals surface area contributed by atoms with Gasteiger partial charge in [0, 0.05) is 90.2 Å². The summed E-state index contributed by atoms with van der Waals surface area (Å²) in [7, 11) is 2.05. The molecule has 3 N–H and O–H groups in total. The maximum absolute atomic E-state index is 13.1. The van der Waals surface area contributed by atoms with E-state index in [0.29, 0.717) is 104 Å². The molecule has 0 aliphatic rings. The Hall–Kier alpha value is -8.22. The summed E-state index contributed by atoms with van der Waals surface area (Å²) in [5, 5.41) is 15.6. The third-order valence-corrected chi connectivity index (χ3v) is 15.2. The van der Waals surface area contributed by atoms with Gasteiger partial charge in [0.05, 0.1) is 48.3 Å². The smallest absolute Gasteiger partial charge is 0.140 e. The average molecular weight is 1420 g/mol. The second kappa shape index (κ2) is 41.0. The number of rotatable bonds is 25. The van der Waals surface area contributed by atoms with Gasteiger partial charge in [-0.15, -0.1) is 11.3 Å². The maximum Gasteiger partial charge on any atom is 0.140 e. The number of hydrogen-bond acceptors (Lipinski definition) is 15. The van der Waals surface area contributed by atoms with E-state index in [1.165, 1.54) is 12.1 Å². The lowest BCUT2D eigenvalue weighted by atomic mass is 10.2. The molecule has 0 radical (unpaired) electrons. The van der Waals surface area contributed by atoms with Crippen LogP contribution in [-0.4, -0.2) is 57.3 Å². The van der Waals surface area contributed by atoms with Gasteiger partial charge in [-0.2, -0.15) is 0 Å². The molecule has 0 spiro atoms. The van der Waals surface area contributed by atoms with Crippen molar-refractivity contribution in [2.75, 3.05) is 27.9 Å². The molecule has 10 aromatic rings. The molecule has 4 heterocycles. The van der Waals surface area contributed by atoms with Gasteiger partial charge in [-0.25, -0.2) is 9.37 Å². The van der Waals surface area contributed by atoms with Crippen LogP contribution in [0.2, 0.25) is 25.1 Å². The van der Waals surface area contributed by atoms with Crippen LogP contribution in [0.15, 0.2) is 200 Å². The minimum absolute atomic E-state index is 0.122. The Kier molecular flexibility index (Phi) is 32.8. The first-order valence-corrected chi connectivity index (χ1v) is 34.0. The van der Waals surface area contributed by atoms with E-state index in [0.717, 1.165) is 56.2 Å². The third kappa shape index (κ3) is 28.6. The summed E-state index contributed by atoms with van der Waals surface area (Å²) in [6, 6.07) is 53.2. The van der Waals surface area contributed by atoms with E-state index in [9.17, 15) is 4.39 Å². The van der Waals surface area contributed by atoms with Crippen molar-refractivity contribution in [1.29, 1.82) is 0 Å². The van der Waals surface area contributed by atoms with Crippen molar-refractivity contribution < 1.29 is 32.8 Å². The molecule has 508 valence electrons. The first kappa shape index (κ1) is 76.8. The molecule has 10 rings (SSSR count). The number of halogens is 6. The number of pyridine rings is 3. The lowest BCUT2D eigenvalue weighted by molar-refractivity contribution is 0.241. The zero-order valence-corrected chi connectivity index (χ0v) is 60.4. The van der Waals surface area contributed by atoms with Crippen LogP contribution in [0.5, 0.6) is 34.5 Å². The number of anilines is 4. The molecule has 0 saturated heterocycles. The number of nitrogens with one attached hydrogen (secondary N) is 3. The standard InChI is InChI=1S/C16H17ClFNO.C16H19ClN2O.C15H17ClN2O.C15H16ClNO2.C13H15ClN2OS/c1-11(2)19-14-6-7-16(15(17)9-14)20-10-12-4-3-5-13(18)8-12;1-12(2)19(3)14-7-8-16(15(17)10-14)20-11-13-6-4-5-9-18-13;1-11(2)18-12-6-7-15(14(16)9-12)19-10-13-5-3-4-8-17-13;1-11(2)19-13-6-7-15(14(16)9-13)18-10-12-5-3-4-8-17-12;1-9(2)16-10-3-4-12(11(14)7-10)17-8-13-15-5-6-18-13/h3-9,11,19H,10H2,1-2H3;4-10,12H,11H2,1-3H3;3-9,11,18H,10H2,1-2H3;3-9,11H,10H2,1-2H3;3-7,9,16H,8H2,1-2H3. The highest BCUT2D eigenvalue weighted by Crippen LogP contribution is 2.34. The van der Waals surface area contributed by atoms with E-state index >= 15 is 0 Å². The Morgan fingerprint density at radius 3 is 1.18 bits per heavy atom. The van der Waals surface area contributed by atoms with Crippen molar-refractivity contribution in [1.82, 2.24) is 19.9 Å². The summed E-state index contributed by atoms with van der Waals surface area (Å²) in [4.78, 5) is 18.9. The molecule has 0 aliphatic carbocycles. The van der Waals surface area contributed by atoms with Crippen molar-refractivity contribution >= 4 is 92.1 Å². The molecular formula is C75H84Cl5FN8O6S. The average Bonchev–Trinajstić information content (AvgIpc) is 1.78. The van der Waals surface area contributed by atoms with E-state index < -0.39 is 0 Å². The molecule has 0 aliphatic heterocycles. The van der Waals surface area contributed by atoms with Crippen LogP contribution in [0.1, 0.15) is 96.9 Å². The predicted molar refractivity (Wildman–Crippen MR) is 396 cm³/mol. The Balaban J connectivity index is 0.000000190. The van der Waals surface area contributed by atoms with E-state index in [2.05, 4.69) is 96.2 Å². The van der Waals surface area contributed by atoms with Crippen LogP contribution in [0.4, 0.5) is 27.1 Å². The number of ether oxygens (including phenoxy) is 6. The van der Waals surface area contributed by atoms with Crippen LogP contribution in [0.25, 0.3) is 0 Å². The number of benzene rings is 6. The molecule has 0 fully saturated rings. The molecule has 0 atom stereocenters. The van der Waals surface area contributed by atoms with Gasteiger partial charge in [-0.3, -0.25) is 15.0 Å². The Morgan fingerprint density at radius 2 is 0.823 bits per heavy atom. The number of nitrogens with zero attached hydrogens (tertiary/aromatic N) is 5. The van der Waals surface area contributed by atoms with Crippen LogP contribution < -0.4 is 49.3 Å². The van der Waals surface area contributed by atoms with Crippen molar-refractivity contribution in [3.05, 3.63) is 259 Å². The van der Waals surface area contributed by atoms with Crippen molar-refractivity contribution in [3.8, 4) is 34.5 Å². The van der Waals surface area contributed by atoms with Gasteiger partial charge in [-0.05, 0) is 208 Å². The first-order valence-electron chi connectivity index (χ1n) is 31.2. The second-order valence-corrected chi connectivity index (χ2v) is 25.9. The fraction of sp³-hybridized carbons (Fsp3) is 0.280.